The van der Waals surface area contributed by atoms with Crippen molar-refractivity contribution in [3.05, 3.63) is 28.2 Å². The zero-order valence-corrected chi connectivity index (χ0v) is 12.3. The summed E-state index contributed by atoms with van der Waals surface area (Å²) in [7, 11) is 0. The molecule has 0 atom stereocenters. The highest BCUT2D eigenvalue weighted by Crippen LogP contribution is 2.11. The van der Waals surface area contributed by atoms with Crippen molar-refractivity contribution in [2.24, 2.45) is 0 Å². The monoisotopic (exact) mass is 311 g/mol. The smallest absolute Gasteiger partial charge is 0.321 e. The SMILES string of the molecule is Cc1nc(SCC(=O)NC(=O)NCc2cccs2)n[nH]1. The molecule has 2 aromatic rings. The quantitative estimate of drug-likeness (QED) is 0.723. The Balaban J connectivity index is 1.67. The Hall–Kier alpha value is -1.87. The summed E-state index contributed by atoms with van der Waals surface area (Å²) in [5.74, 6) is 0.381. The Morgan fingerprint density at radius 1 is 1.50 bits per heavy atom. The second-order valence-electron chi connectivity index (χ2n) is 3.80. The zero-order valence-electron chi connectivity index (χ0n) is 10.7. The summed E-state index contributed by atoms with van der Waals surface area (Å²) in [4.78, 5) is 28.1. The van der Waals surface area contributed by atoms with E-state index in [0.29, 0.717) is 17.5 Å². The third kappa shape index (κ3) is 4.67. The van der Waals surface area contributed by atoms with Crippen LogP contribution in [-0.4, -0.2) is 32.9 Å². The average molecular weight is 311 g/mol. The number of aryl methyl sites for hydroxylation is 1. The molecule has 0 aliphatic heterocycles. The van der Waals surface area contributed by atoms with Crippen LogP contribution in [0.1, 0.15) is 10.7 Å². The highest BCUT2D eigenvalue weighted by Gasteiger charge is 2.10. The van der Waals surface area contributed by atoms with Gasteiger partial charge in [0, 0.05) is 4.88 Å². The van der Waals surface area contributed by atoms with Gasteiger partial charge in [-0.05, 0) is 18.4 Å². The molecule has 7 nitrogen and oxygen atoms in total. The number of carbonyl (C=O) groups is 2. The van der Waals surface area contributed by atoms with E-state index in [1.165, 1.54) is 0 Å². The van der Waals surface area contributed by atoms with E-state index in [4.69, 9.17) is 0 Å². The molecule has 20 heavy (non-hydrogen) atoms. The lowest BCUT2D eigenvalue weighted by Crippen LogP contribution is -2.39. The predicted octanol–water partition coefficient (Wildman–Crippen LogP) is 1.29. The highest BCUT2D eigenvalue weighted by atomic mass is 32.2. The summed E-state index contributed by atoms with van der Waals surface area (Å²) >= 11 is 2.71. The summed E-state index contributed by atoms with van der Waals surface area (Å²) in [5, 5.41) is 13.8. The number of amides is 3. The first kappa shape index (κ1) is 14.5. The van der Waals surface area contributed by atoms with Gasteiger partial charge in [0.05, 0.1) is 12.3 Å². The number of aromatic nitrogens is 3. The lowest BCUT2D eigenvalue weighted by molar-refractivity contribution is -0.117. The van der Waals surface area contributed by atoms with Crippen molar-refractivity contribution in [1.29, 1.82) is 0 Å². The van der Waals surface area contributed by atoms with Crippen molar-refractivity contribution >= 4 is 35.0 Å². The number of H-pyrrole nitrogens is 1. The molecule has 2 rings (SSSR count). The zero-order chi connectivity index (χ0) is 14.4. The summed E-state index contributed by atoms with van der Waals surface area (Å²) in [6, 6.07) is 3.31. The van der Waals surface area contributed by atoms with Crippen molar-refractivity contribution in [2.45, 2.75) is 18.6 Å². The van der Waals surface area contributed by atoms with Gasteiger partial charge >= 0.3 is 6.03 Å². The third-order valence-corrected chi connectivity index (χ3v) is 3.89. The predicted molar refractivity (Wildman–Crippen MR) is 76.5 cm³/mol. The molecule has 0 fully saturated rings. The fourth-order valence-corrected chi connectivity index (χ4v) is 2.59. The van der Waals surface area contributed by atoms with E-state index >= 15 is 0 Å². The van der Waals surface area contributed by atoms with E-state index < -0.39 is 6.03 Å². The number of thioether (sulfide) groups is 1. The molecule has 0 unspecified atom stereocenters. The number of thiophene rings is 1. The van der Waals surface area contributed by atoms with Crippen LogP contribution in [0.25, 0.3) is 0 Å². The van der Waals surface area contributed by atoms with E-state index in [1.54, 1.807) is 18.3 Å². The van der Waals surface area contributed by atoms with Crippen LogP contribution in [0.3, 0.4) is 0 Å². The molecule has 3 amide bonds. The molecular weight excluding hydrogens is 298 g/mol. The van der Waals surface area contributed by atoms with Gasteiger partial charge in [0.2, 0.25) is 11.1 Å². The number of aromatic amines is 1. The Kier molecular flexibility index (Phi) is 5.13. The molecule has 106 valence electrons. The minimum Gasteiger partial charge on any atom is -0.333 e. The van der Waals surface area contributed by atoms with Crippen LogP contribution >= 0.6 is 23.1 Å². The Labute approximate surface area is 123 Å². The average Bonchev–Trinajstić information content (AvgIpc) is 3.05. The van der Waals surface area contributed by atoms with Crippen LogP contribution in [0.15, 0.2) is 22.7 Å². The summed E-state index contributed by atoms with van der Waals surface area (Å²) in [5.41, 5.74) is 0. The number of hydrogen-bond donors (Lipinski definition) is 3. The first-order chi connectivity index (χ1) is 9.63. The molecule has 0 aliphatic rings. The number of urea groups is 1. The van der Waals surface area contributed by atoms with Gasteiger partial charge in [-0.3, -0.25) is 15.2 Å². The maximum absolute atomic E-state index is 11.5. The van der Waals surface area contributed by atoms with Gasteiger partial charge in [-0.1, -0.05) is 17.8 Å². The Bertz CT molecular complexity index is 581. The number of carbonyl (C=O) groups excluding carboxylic acids is 2. The van der Waals surface area contributed by atoms with Crippen molar-refractivity contribution in [1.82, 2.24) is 25.8 Å². The lowest BCUT2D eigenvalue weighted by atomic mass is 10.5. The van der Waals surface area contributed by atoms with Crippen LogP contribution in [0.4, 0.5) is 4.79 Å². The van der Waals surface area contributed by atoms with Crippen LogP contribution < -0.4 is 10.6 Å². The number of nitrogens with one attached hydrogen (secondary N) is 3. The number of imide groups is 1. The van der Waals surface area contributed by atoms with Crippen molar-refractivity contribution in [3.63, 3.8) is 0 Å². The van der Waals surface area contributed by atoms with E-state index in [-0.39, 0.29) is 11.7 Å². The maximum atomic E-state index is 11.5. The number of hydrogen-bond acceptors (Lipinski definition) is 6. The van der Waals surface area contributed by atoms with Gasteiger partial charge in [0.25, 0.3) is 0 Å². The number of nitrogens with zero attached hydrogens (tertiary/aromatic N) is 2. The van der Waals surface area contributed by atoms with Gasteiger partial charge in [-0.15, -0.1) is 16.4 Å². The molecule has 2 aromatic heterocycles. The molecule has 0 aliphatic carbocycles. The van der Waals surface area contributed by atoms with Crippen LogP contribution in [-0.2, 0) is 11.3 Å². The van der Waals surface area contributed by atoms with Crippen molar-refractivity contribution in [2.75, 3.05) is 5.75 Å². The Morgan fingerprint density at radius 3 is 3.00 bits per heavy atom. The van der Waals surface area contributed by atoms with Crippen LogP contribution in [0.5, 0.6) is 0 Å². The first-order valence-corrected chi connectivity index (χ1v) is 7.62. The van der Waals surface area contributed by atoms with Gasteiger partial charge in [-0.25, -0.2) is 9.78 Å². The van der Waals surface area contributed by atoms with Gasteiger partial charge in [0.1, 0.15) is 5.82 Å². The summed E-state index contributed by atoms with van der Waals surface area (Å²) in [6.45, 7) is 2.18. The topological polar surface area (TPSA) is 99.8 Å². The van der Waals surface area contributed by atoms with Crippen molar-refractivity contribution in [3.8, 4) is 0 Å². The number of rotatable bonds is 5. The fraction of sp³-hybridized carbons (Fsp3) is 0.273. The van der Waals surface area contributed by atoms with E-state index in [1.807, 2.05) is 17.5 Å². The summed E-state index contributed by atoms with van der Waals surface area (Å²) in [6.07, 6.45) is 0. The first-order valence-electron chi connectivity index (χ1n) is 5.75. The summed E-state index contributed by atoms with van der Waals surface area (Å²) < 4.78 is 0. The van der Waals surface area contributed by atoms with Gasteiger partial charge in [-0.2, -0.15) is 0 Å². The van der Waals surface area contributed by atoms with E-state index in [2.05, 4.69) is 25.8 Å². The molecule has 0 spiro atoms. The standard InChI is InChI=1S/C11H13N5O2S2/c1-7-13-11(16-15-7)20-6-9(17)14-10(18)12-5-8-3-2-4-19-8/h2-4H,5-6H2,1H3,(H,13,15,16)(H2,12,14,17,18). The highest BCUT2D eigenvalue weighted by molar-refractivity contribution is 7.99. The largest absolute Gasteiger partial charge is 0.333 e. The molecule has 0 saturated heterocycles. The van der Waals surface area contributed by atoms with E-state index in [0.717, 1.165) is 16.6 Å². The van der Waals surface area contributed by atoms with Gasteiger partial charge < -0.3 is 5.32 Å². The molecule has 0 bridgehead atoms. The fourth-order valence-electron chi connectivity index (χ4n) is 1.30. The third-order valence-electron chi connectivity index (χ3n) is 2.17. The van der Waals surface area contributed by atoms with E-state index in [9.17, 15) is 9.59 Å². The maximum Gasteiger partial charge on any atom is 0.321 e. The normalized spacial score (nSPS) is 10.2. The molecule has 0 aromatic carbocycles. The minimum absolute atomic E-state index is 0.0870. The molecule has 3 N–H and O–H groups in total. The van der Waals surface area contributed by atoms with Crippen molar-refractivity contribution < 1.29 is 9.59 Å². The minimum atomic E-state index is -0.504. The molecule has 0 saturated carbocycles. The second-order valence-corrected chi connectivity index (χ2v) is 5.78. The van der Waals surface area contributed by atoms with Gasteiger partial charge in [0.15, 0.2) is 0 Å². The van der Waals surface area contributed by atoms with Crippen LogP contribution in [0.2, 0.25) is 0 Å². The molecule has 0 radical (unpaired) electrons. The lowest BCUT2D eigenvalue weighted by Gasteiger charge is -2.04. The Morgan fingerprint density at radius 2 is 2.35 bits per heavy atom. The molecule has 9 heteroatoms. The van der Waals surface area contributed by atoms with Crippen LogP contribution in [0, 0.1) is 6.92 Å². The molecule has 2 heterocycles. The second kappa shape index (κ2) is 7.06. The molecular formula is C11H13N5O2S2.